The van der Waals surface area contributed by atoms with E-state index < -0.39 is 0 Å². The van der Waals surface area contributed by atoms with Gasteiger partial charge in [0.25, 0.3) is 0 Å². The lowest BCUT2D eigenvalue weighted by molar-refractivity contribution is 1.17. The Balaban J connectivity index is 0.894. The van der Waals surface area contributed by atoms with Crippen LogP contribution in [0.15, 0.2) is 249 Å². The molecule has 0 atom stereocenters. The zero-order valence-electron chi connectivity index (χ0n) is 36.1. The van der Waals surface area contributed by atoms with Gasteiger partial charge in [0.1, 0.15) is 0 Å². The molecule has 11 aromatic carbocycles. The maximum Gasteiger partial charge on any atom is 0.0541 e. The maximum atomic E-state index is 2.37. The van der Waals surface area contributed by atoms with Gasteiger partial charge in [-0.3, -0.25) is 0 Å². The Morgan fingerprint density at radius 3 is 1.34 bits per heavy atom. The molecule has 1 aromatic heterocycles. The highest BCUT2D eigenvalue weighted by Crippen LogP contribution is 2.45. The molecule has 0 aliphatic rings. The predicted molar refractivity (Wildman–Crippen MR) is 277 cm³/mol. The first kappa shape index (κ1) is 38.2. The van der Waals surface area contributed by atoms with Crippen molar-refractivity contribution < 1.29 is 0 Å². The molecule has 2 nitrogen and oxygen atoms in total. The van der Waals surface area contributed by atoms with E-state index in [0.29, 0.717) is 0 Å². The lowest BCUT2D eigenvalue weighted by Crippen LogP contribution is -2.10. The summed E-state index contributed by atoms with van der Waals surface area (Å²) >= 11 is 0. The quantitative estimate of drug-likeness (QED) is 0.139. The zero-order valence-corrected chi connectivity index (χ0v) is 36.1. The molecular formula is C63H44N2. The molecule has 12 rings (SSSR count). The first-order valence-corrected chi connectivity index (χ1v) is 22.4. The third-order valence-corrected chi connectivity index (χ3v) is 13.0. The van der Waals surface area contributed by atoms with Gasteiger partial charge in [-0.15, -0.1) is 0 Å². The molecule has 0 saturated carbocycles. The van der Waals surface area contributed by atoms with Gasteiger partial charge in [-0.1, -0.05) is 188 Å². The number of aromatic nitrogens is 1. The van der Waals surface area contributed by atoms with E-state index in [1.807, 2.05) is 0 Å². The van der Waals surface area contributed by atoms with E-state index in [0.717, 1.165) is 22.7 Å². The van der Waals surface area contributed by atoms with Gasteiger partial charge in [0.2, 0.25) is 0 Å². The van der Waals surface area contributed by atoms with E-state index in [2.05, 4.69) is 265 Å². The van der Waals surface area contributed by atoms with Crippen LogP contribution in [0, 0.1) is 6.92 Å². The highest BCUT2D eigenvalue weighted by molar-refractivity contribution is 6.21. The third kappa shape index (κ3) is 6.75. The fraction of sp³-hybridized carbons (Fsp3) is 0.0159. The van der Waals surface area contributed by atoms with E-state index in [4.69, 9.17) is 0 Å². The summed E-state index contributed by atoms with van der Waals surface area (Å²) in [6, 6.07) is 90.6. The minimum Gasteiger partial charge on any atom is -0.311 e. The summed E-state index contributed by atoms with van der Waals surface area (Å²) in [4.78, 5) is 2.34. The Bertz CT molecular complexity index is 3630. The van der Waals surface area contributed by atoms with Crippen molar-refractivity contribution in [3.63, 3.8) is 0 Å². The molecule has 0 radical (unpaired) electrons. The number of hydrogen-bond acceptors (Lipinski definition) is 1. The van der Waals surface area contributed by atoms with Crippen LogP contribution in [0.1, 0.15) is 5.56 Å². The minimum absolute atomic E-state index is 1.10. The number of benzene rings is 11. The second-order valence-corrected chi connectivity index (χ2v) is 17.0. The fourth-order valence-corrected chi connectivity index (χ4v) is 10.0. The largest absolute Gasteiger partial charge is 0.311 e. The number of para-hydroxylation sites is 3. The van der Waals surface area contributed by atoms with Crippen molar-refractivity contribution in [2.75, 3.05) is 4.90 Å². The Labute approximate surface area is 379 Å². The average Bonchev–Trinajstić information content (AvgIpc) is 3.71. The summed E-state index contributed by atoms with van der Waals surface area (Å²) in [5.41, 5.74) is 17.9. The lowest BCUT2D eigenvalue weighted by Gasteiger charge is -2.26. The Hall–Kier alpha value is -8.46. The molecule has 0 amide bonds. The zero-order chi connectivity index (χ0) is 43.3. The van der Waals surface area contributed by atoms with Crippen LogP contribution in [0.5, 0.6) is 0 Å². The highest BCUT2D eigenvalue weighted by Gasteiger charge is 2.19. The van der Waals surface area contributed by atoms with Crippen LogP contribution < -0.4 is 4.90 Å². The predicted octanol–water partition coefficient (Wildman–Crippen LogP) is 17.5. The average molecular weight is 829 g/mol. The highest BCUT2D eigenvalue weighted by atomic mass is 15.1. The van der Waals surface area contributed by atoms with Crippen molar-refractivity contribution in [3.8, 4) is 50.2 Å². The molecule has 0 saturated heterocycles. The molecule has 0 fully saturated rings. The molecular weight excluding hydrogens is 785 g/mol. The Kier molecular flexibility index (Phi) is 9.43. The first-order chi connectivity index (χ1) is 32.2. The molecule has 0 aliphatic heterocycles. The fourth-order valence-electron chi connectivity index (χ4n) is 10.0. The molecule has 0 spiro atoms. The Morgan fingerprint density at radius 2 is 0.708 bits per heavy atom. The monoisotopic (exact) mass is 828 g/mol. The van der Waals surface area contributed by atoms with Crippen molar-refractivity contribution in [3.05, 3.63) is 254 Å². The van der Waals surface area contributed by atoms with Crippen LogP contribution in [0.25, 0.3) is 93.5 Å². The second kappa shape index (κ2) is 16.0. The van der Waals surface area contributed by atoms with Crippen LogP contribution >= 0.6 is 0 Å². The van der Waals surface area contributed by atoms with Crippen LogP contribution in [-0.2, 0) is 0 Å². The van der Waals surface area contributed by atoms with Crippen molar-refractivity contribution in [1.29, 1.82) is 0 Å². The lowest BCUT2D eigenvalue weighted by atomic mass is 9.84. The molecule has 0 N–H and O–H groups in total. The summed E-state index contributed by atoms with van der Waals surface area (Å²) in [5, 5.41) is 7.57. The number of nitrogens with zero attached hydrogens (tertiary/aromatic N) is 2. The van der Waals surface area contributed by atoms with Gasteiger partial charge in [-0.05, 0) is 140 Å². The molecule has 0 bridgehead atoms. The third-order valence-electron chi connectivity index (χ3n) is 13.0. The SMILES string of the molecule is Cc1ccc2c(-c3ccc(-c4ccc(N(c5ccccc5)c5ccc(-n6c7ccccc7c7ccccc76)cc5)cc4)cc3)c3ccccc3c(-c3cccc(-c4ccccc4)c3)c2c1. The molecule has 65 heavy (non-hydrogen) atoms. The van der Waals surface area contributed by atoms with Gasteiger partial charge in [0, 0.05) is 33.5 Å². The van der Waals surface area contributed by atoms with Crippen LogP contribution in [0.2, 0.25) is 0 Å². The summed E-state index contributed by atoms with van der Waals surface area (Å²) in [5.74, 6) is 0. The molecule has 2 heteroatoms. The summed E-state index contributed by atoms with van der Waals surface area (Å²) in [7, 11) is 0. The maximum absolute atomic E-state index is 2.37. The van der Waals surface area contributed by atoms with Crippen molar-refractivity contribution >= 4 is 60.4 Å². The number of anilines is 3. The van der Waals surface area contributed by atoms with E-state index in [1.54, 1.807) is 0 Å². The van der Waals surface area contributed by atoms with Crippen LogP contribution in [-0.4, -0.2) is 4.57 Å². The van der Waals surface area contributed by atoms with E-state index >= 15 is 0 Å². The van der Waals surface area contributed by atoms with Crippen molar-refractivity contribution in [2.45, 2.75) is 6.92 Å². The molecule has 12 aromatic rings. The summed E-state index contributed by atoms with van der Waals surface area (Å²) in [6.07, 6.45) is 0. The number of fused-ring (bicyclic) bond motifs is 5. The van der Waals surface area contributed by atoms with Gasteiger partial charge in [-0.25, -0.2) is 0 Å². The van der Waals surface area contributed by atoms with Gasteiger partial charge >= 0.3 is 0 Å². The van der Waals surface area contributed by atoms with E-state index in [-0.39, 0.29) is 0 Å². The van der Waals surface area contributed by atoms with Gasteiger partial charge in [0.15, 0.2) is 0 Å². The van der Waals surface area contributed by atoms with E-state index in [9.17, 15) is 0 Å². The molecule has 306 valence electrons. The van der Waals surface area contributed by atoms with Crippen molar-refractivity contribution in [2.24, 2.45) is 0 Å². The van der Waals surface area contributed by atoms with Crippen LogP contribution in [0.3, 0.4) is 0 Å². The number of hydrogen-bond donors (Lipinski definition) is 0. The normalized spacial score (nSPS) is 11.5. The Morgan fingerprint density at radius 1 is 0.277 bits per heavy atom. The van der Waals surface area contributed by atoms with Gasteiger partial charge in [0.05, 0.1) is 11.0 Å². The van der Waals surface area contributed by atoms with Gasteiger partial charge in [-0.2, -0.15) is 0 Å². The summed E-state index contributed by atoms with van der Waals surface area (Å²) < 4.78 is 2.37. The van der Waals surface area contributed by atoms with Crippen molar-refractivity contribution in [1.82, 2.24) is 4.57 Å². The van der Waals surface area contributed by atoms with Gasteiger partial charge < -0.3 is 9.47 Å². The first-order valence-electron chi connectivity index (χ1n) is 22.4. The summed E-state index contributed by atoms with van der Waals surface area (Å²) in [6.45, 7) is 2.20. The molecule has 1 heterocycles. The number of rotatable bonds is 8. The molecule has 0 unspecified atom stereocenters. The topological polar surface area (TPSA) is 8.17 Å². The second-order valence-electron chi connectivity index (χ2n) is 17.0. The van der Waals surface area contributed by atoms with Crippen LogP contribution in [0.4, 0.5) is 17.1 Å². The standard InChI is InChI=1S/C63H44N2/c1-43-27-40-58-59(41-43)63(49-18-14-17-48(42-49)44-15-4-2-5-16-44)57-24-9-8-23-56(57)62(58)47-30-28-45(29-31-47)46-32-34-51(35-33-46)64(50-19-6-3-7-20-50)52-36-38-53(39-37-52)65-60-25-12-10-21-54(60)55-22-11-13-26-61(55)65/h2-42H,1H3. The number of aryl methyl sites for hydroxylation is 1. The molecule has 0 aliphatic carbocycles. The minimum atomic E-state index is 1.10. The smallest absolute Gasteiger partial charge is 0.0541 e. The van der Waals surface area contributed by atoms with E-state index in [1.165, 1.54) is 93.4 Å².